The monoisotopic (exact) mass is 427 g/mol. The number of hydrogen-bond donors (Lipinski definition) is 1. The SMILES string of the molecule is O=S(=O)(Cc1ccc(C(F)(F)F)cc1)NCC#CCOc1ccc2c(c1)OCO2. The second-order valence-corrected chi connectivity index (χ2v) is 7.74. The van der Waals surface area contributed by atoms with Gasteiger partial charge in [0.1, 0.15) is 12.4 Å². The van der Waals surface area contributed by atoms with Gasteiger partial charge in [0.05, 0.1) is 17.9 Å². The van der Waals surface area contributed by atoms with Gasteiger partial charge in [-0.1, -0.05) is 24.0 Å². The van der Waals surface area contributed by atoms with Gasteiger partial charge in [-0.2, -0.15) is 13.2 Å². The Morgan fingerprint density at radius 2 is 1.76 bits per heavy atom. The number of ether oxygens (including phenoxy) is 3. The topological polar surface area (TPSA) is 73.9 Å². The summed E-state index contributed by atoms with van der Waals surface area (Å²) < 4.78 is 79.6. The minimum atomic E-state index is -4.46. The van der Waals surface area contributed by atoms with Crippen LogP contribution in [0.5, 0.6) is 17.2 Å². The summed E-state index contributed by atoms with van der Waals surface area (Å²) in [4.78, 5) is 0. The van der Waals surface area contributed by atoms with E-state index in [1.54, 1.807) is 18.2 Å². The van der Waals surface area contributed by atoms with Crippen LogP contribution in [0.4, 0.5) is 13.2 Å². The van der Waals surface area contributed by atoms with Crippen LogP contribution in [0, 0.1) is 11.8 Å². The van der Waals surface area contributed by atoms with Crippen LogP contribution in [-0.4, -0.2) is 28.4 Å². The van der Waals surface area contributed by atoms with Gasteiger partial charge in [0.15, 0.2) is 11.5 Å². The molecule has 154 valence electrons. The van der Waals surface area contributed by atoms with Crippen LogP contribution in [0.3, 0.4) is 0 Å². The molecule has 29 heavy (non-hydrogen) atoms. The Balaban J connectivity index is 1.44. The molecule has 0 saturated heterocycles. The molecule has 3 rings (SSSR count). The minimum absolute atomic E-state index is 0.0419. The van der Waals surface area contributed by atoms with Crippen LogP contribution in [0.1, 0.15) is 11.1 Å². The normalized spacial score (nSPS) is 12.9. The minimum Gasteiger partial charge on any atom is -0.481 e. The zero-order chi connectivity index (χ0) is 20.9. The molecule has 0 saturated carbocycles. The van der Waals surface area contributed by atoms with Crippen molar-refractivity contribution in [1.82, 2.24) is 4.72 Å². The highest BCUT2D eigenvalue weighted by atomic mass is 32.2. The number of hydrogen-bond acceptors (Lipinski definition) is 5. The van der Waals surface area contributed by atoms with Crippen molar-refractivity contribution in [2.24, 2.45) is 0 Å². The summed E-state index contributed by atoms with van der Waals surface area (Å²) in [7, 11) is -3.73. The van der Waals surface area contributed by atoms with E-state index >= 15 is 0 Å². The summed E-state index contributed by atoms with van der Waals surface area (Å²) in [5.41, 5.74) is -0.593. The fraction of sp³-hybridized carbons (Fsp3) is 0.263. The van der Waals surface area contributed by atoms with E-state index < -0.39 is 27.5 Å². The van der Waals surface area contributed by atoms with Gasteiger partial charge in [0.25, 0.3) is 0 Å². The van der Waals surface area contributed by atoms with Crippen molar-refractivity contribution < 1.29 is 35.8 Å². The molecule has 0 unspecified atom stereocenters. The van der Waals surface area contributed by atoms with Gasteiger partial charge in [-0.3, -0.25) is 0 Å². The van der Waals surface area contributed by atoms with E-state index in [-0.39, 0.29) is 25.5 Å². The third kappa shape index (κ3) is 6.04. The first-order valence-electron chi connectivity index (χ1n) is 8.35. The standard InChI is InChI=1S/C19H16F3NO5S/c20-19(21,22)15-5-3-14(4-6-15)12-29(24,25)23-9-1-2-10-26-16-7-8-17-18(11-16)28-13-27-17/h3-8,11,23H,9-10,12-13H2. The van der Waals surface area contributed by atoms with Gasteiger partial charge >= 0.3 is 6.18 Å². The fourth-order valence-corrected chi connectivity index (χ4v) is 3.43. The maximum atomic E-state index is 12.5. The third-order valence-electron chi connectivity index (χ3n) is 3.80. The average molecular weight is 427 g/mol. The van der Waals surface area contributed by atoms with E-state index in [4.69, 9.17) is 14.2 Å². The molecular formula is C19H16F3NO5S. The summed E-state index contributed by atoms with van der Waals surface area (Å²) in [6, 6.07) is 9.02. The predicted molar refractivity (Wildman–Crippen MR) is 97.9 cm³/mol. The molecule has 0 spiro atoms. The van der Waals surface area contributed by atoms with Gasteiger partial charge in [-0.15, -0.1) is 0 Å². The summed E-state index contributed by atoms with van der Waals surface area (Å²) in [6.07, 6.45) is -4.46. The fourth-order valence-electron chi connectivity index (χ4n) is 2.41. The highest BCUT2D eigenvalue weighted by Crippen LogP contribution is 2.35. The van der Waals surface area contributed by atoms with Crippen molar-refractivity contribution in [1.29, 1.82) is 0 Å². The number of rotatable bonds is 6. The zero-order valence-electron chi connectivity index (χ0n) is 15.0. The Bertz CT molecular complexity index is 1020. The average Bonchev–Trinajstić information content (AvgIpc) is 3.11. The molecule has 10 heteroatoms. The van der Waals surface area contributed by atoms with Crippen molar-refractivity contribution in [2.75, 3.05) is 19.9 Å². The number of sulfonamides is 1. The number of alkyl halides is 3. The van der Waals surface area contributed by atoms with Gasteiger partial charge in [0, 0.05) is 6.07 Å². The summed E-state index contributed by atoms with van der Waals surface area (Å²) in [5.74, 6) is 6.57. The molecule has 2 aromatic rings. The first-order valence-corrected chi connectivity index (χ1v) is 10.00. The molecule has 0 atom stereocenters. The first kappa shape index (κ1) is 20.8. The molecule has 0 aliphatic carbocycles. The zero-order valence-corrected chi connectivity index (χ0v) is 15.8. The molecular weight excluding hydrogens is 411 g/mol. The van der Waals surface area contributed by atoms with E-state index in [0.717, 1.165) is 24.3 Å². The van der Waals surface area contributed by atoms with Gasteiger partial charge in [-0.25, -0.2) is 13.1 Å². The maximum absolute atomic E-state index is 12.5. The van der Waals surface area contributed by atoms with Gasteiger partial charge in [-0.05, 0) is 29.8 Å². The van der Waals surface area contributed by atoms with E-state index in [9.17, 15) is 21.6 Å². The lowest BCUT2D eigenvalue weighted by Gasteiger charge is -2.08. The second kappa shape index (κ2) is 8.63. The van der Waals surface area contributed by atoms with Crippen molar-refractivity contribution in [2.45, 2.75) is 11.9 Å². The summed E-state index contributed by atoms with van der Waals surface area (Å²) in [6.45, 7) is 0.0545. The number of fused-ring (bicyclic) bond motifs is 1. The van der Waals surface area contributed by atoms with Crippen LogP contribution in [0.15, 0.2) is 42.5 Å². The van der Waals surface area contributed by atoms with E-state index in [0.29, 0.717) is 17.2 Å². The van der Waals surface area contributed by atoms with Crippen LogP contribution in [0.2, 0.25) is 0 Å². The number of benzene rings is 2. The summed E-state index contributed by atoms with van der Waals surface area (Å²) >= 11 is 0. The highest BCUT2D eigenvalue weighted by Gasteiger charge is 2.30. The Hall–Kier alpha value is -2.90. The third-order valence-corrected chi connectivity index (χ3v) is 5.10. The van der Waals surface area contributed by atoms with Crippen molar-refractivity contribution in [3.05, 3.63) is 53.6 Å². The molecule has 0 radical (unpaired) electrons. The number of halogens is 3. The Kier molecular flexibility index (Phi) is 6.20. The Morgan fingerprint density at radius 1 is 1.03 bits per heavy atom. The molecule has 1 N–H and O–H groups in total. The second-order valence-electron chi connectivity index (χ2n) is 5.93. The van der Waals surface area contributed by atoms with Crippen molar-refractivity contribution in [3.63, 3.8) is 0 Å². The van der Waals surface area contributed by atoms with E-state index in [1.165, 1.54) is 0 Å². The van der Waals surface area contributed by atoms with E-state index in [1.807, 2.05) is 0 Å². The predicted octanol–water partition coefficient (Wildman–Crippen LogP) is 2.94. The maximum Gasteiger partial charge on any atom is 0.416 e. The highest BCUT2D eigenvalue weighted by molar-refractivity contribution is 7.88. The van der Waals surface area contributed by atoms with E-state index in [2.05, 4.69) is 16.6 Å². The summed E-state index contributed by atoms with van der Waals surface area (Å²) in [5, 5.41) is 0. The largest absolute Gasteiger partial charge is 0.481 e. The molecule has 2 aromatic carbocycles. The first-order chi connectivity index (χ1) is 13.7. The van der Waals surface area contributed by atoms with Crippen molar-refractivity contribution >= 4 is 10.0 Å². The van der Waals surface area contributed by atoms with Crippen molar-refractivity contribution in [3.8, 4) is 29.1 Å². The lowest BCUT2D eigenvalue weighted by Crippen LogP contribution is -2.25. The Morgan fingerprint density at radius 3 is 2.48 bits per heavy atom. The molecule has 0 bridgehead atoms. The molecule has 1 aliphatic heterocycles. The lowest BCUT2D eigenvalue weighted by atomic mass is 10.1. The van der Waals surface area contributed by atoms with Crippen LogP contribution < -0.4 is 18.9 Å². The van der Waals surface area contributed by atoms with Gasteiger partial charge < -0.3 is 14.2 Å². The molecule has 0 fully saturated rings. The van der Waals surface area contributed by atoms with Crippen LogP contribution in [-0.2, 0) is 22.0 Å². The lowest BCUT2D eigenvalue weighted by molar-refractivity contribution is -0.137. The molecule has 0 aromatic heterocycles. The number of nitrogens with one attached hydrogen (secondary N) is 1. The van der Waals surface area contributed by atoms with Crippen LogP contribution >= 0.6 is 0 Å². The van der Waals surface area contributed by atoms with Gasteiger partial charge in [0.2, 0.25) is 16.8 Å². The molecule has 0 amide bonds. The smallest absolute Gasteiger partial charge is 0.416 e. The quantitative estimate of drug-likeness (QED) is 0.718. The molecule has 6 nitrogen and oxygen atoms in total. The Labute approximate surface area is 165 Å². The molecule has 1 heterocycles. The molecule has 1 aliphatic rings. The van der Waals surface area contributed by atoms with Crippen LogP contribution in [0.25, 0.3) is 0 Å².